The number of carboxylic acid groups (broad SMARTS) is 1. The fourth-order valence-corrected chi connectivity index (χ4v) is 3.57. The molecule has 0 unspecified atom stereocenters. The summed E-state index contributed by atoms with van der Waals surface area (Å²) >= 11 is 3.26. The highest BCUT2D eigenvalue weighted by Crippen LogP contribution is 2.22. The lowest BCUT2D eigenvalue weighted by Gasteiger charge is -2.11. The standard InChI is InChI=1S/C24H21BrN4O7/c1-35-22-15(12-27-24(29-22)36-2)10-19(23(33)34)28-21(32)17-7-6-14(9-18(17)25)20(31)26-11-13-4-3-5-16(30)8-13/h3-10,12,30H,11H2,1-2H3,(H,26,31)(H,28,32)(H,33,34). The molecular formula is C24H21BrN4O7. The third-order valence-electron chi connectivity index (χ3n) is 4.75. The number of aliphatic carboxylic acids is 1. The average molecular weight is 557 g/mol. The topological polar surface area (TPSA) is 160 Å². The summed E-state index contributed by atoms with van der Waals surface area (Å²) < 4.78 is 10.3. The van der Waals surface area contributed by atoms with E-state index in [0.717, 1.165) is 6.08 Å². The van der Waals surface area contributed by atoms with Crippen molar-refractivity contribution in [1.29, 1.82) is 0 Å². The van der Waals surface area contributed by atoms with Gasteiger partial charge in [0.1, 0.15) is 11.4 Å². The van der Waals surface area contributed by atoms with Crippen molar-refractivity contribution in [3.63, 3.8) is 0 Å². The summed E-state index contributed by atoms with van der Waals surface area (Å²) in [5.41, 5.74) is 0.836. The van der Waals surface area contributed by atoms with E-state index in [9.17, 15) is 24.6 Å². The van der Waals surface area contributed by atoms with Crippen molar-refractivity contribution in [1.82, 2.24) is 20.6 Å². The van der Waals surface area contributed by atoms with E-state index in [1.54, 1.807) is 12.1 Å². The molecule has 3 rings (SSSR count). The van der Waals surface area contributed by atoms with E-state index in [1.807, 2.05) is 0 Å². The van der Waals surface area contributed by atoms with Crippen LogP contribution in [-0.2, 0) is 11.3 Å². The Morgan fingerprint density at radius 1 is 1.08 bits per heavy atom. The van der Waals surface area contributed by atoms with Crippen LogP contribution in [0.25, 0.3) is 6.08 Å². The molecule has 0 radical (unpaired) electrons. The third-order valence-corrected chi connectivity index (χ3v) is 5.41. The number of aromatic hydroxyl groups is 1. The van der Waals surface area contributed by atoms with Gasteiger partial charge < -0.3 is 30.3 Å². The van der Waals surface area contributed by atoms with Crippen molar-refractivity contribution >= 4 is 39.8 Å². The fourth-order valence-electron chi connectivity index (χ4n) is 3.01. The van der Waals surface area contributed by atoms with Gasteiger partial charge in [-0.05, 0) is 57.9 Å². The summed E-state index contributed by atoms with van der Waals surface area (Å²) in [6.07, 6.45) is 2.44. The van der Waals surface area contributed by atoms with E-state index in [0.29, 0.717) is 5.56 Å². The van der Waals surface area contributed by atoms with Gasteiger partial charge in [-0.1, -0.05) is 12.1 Å². The molecule has 2 amide bonds. The molecule has 0 spiro atoms. The van der Waals surface area contributed by atoms with Crippen molar-refractivity contribution in [3.8, 4) is 17.6 Å². The zero-order valence-corrected chi connectivity index (χ0v) is 20.7. The van der Waals surface area contributed by atoms with E-state index in [1.165, 1.54) is 50.7 Å². The minimum Gasteiger partial charge on any atom is -0.508 e. The zero-order chi connectivity index (χ0) is 26.2. The number of hydrogen-bond acceptors (Lipinski definition) is 8. The summed E-state index contributed by atoms with van der Waals surface area (Å²) in [5.74, 6) is -2.38. The molecule has 1 aromatic heterocycles. The van der Waals surface area contributed by atoms with E-state index < -0.39 is 23.5 Å². The lowest BCUT2D eigenvalue weighted by molar-refractivity contribution is -0.132. The number of nitrogens with one attached hydrogen (secondary N) is 2. The number of aromatic nitrogens is 2. The van der Waals surface area contributed by atoms with Crippen molar-refractivity contribution < 1.29 is 34.1 Å². The molecule has 36 heavy (non-hydrogen) atoms. The predicted octanol–water partition coefficient (Wildman–Crippen LogP) is 2.75. The monoisotopic (exact) mass is 556 g/mol. The van der Waals surface area contributed by atoms with Crippen LogP contribution in [0.4, 0.5) is 0 Å². The first-order valence-electron chi connectivity index (χ1n) is 10.3. The summed E-state index contributed by atoms with van der Waals surface area (Å²) in [4.78, 5) is 44.9. The molecule has 0 saturated carbocycles. The van der Waals surface area contributed by atoms with E-state index in [4.69, 9.17) is 9.47 Å². The quantitative estimate of drug-likeness (QED) is 0.290. The summed E-state index contributed by atoms with van der Waals surface area (Å²) in [6.45, 7) is 0.193. The van der Waals surface area contributed by atoms with E-state index in [-0.39, 0.29) is 45.3 Å². The number of phenolic OH excluding ortho intramolecular Hbond substituents is 1. The van der Waals surface area contributed by atoms with Crippen LogP contribution in [0, 0.1) is 0 Å². The number of carboxylic acids is 1. The molecule has 4 N–H and O–H groups in total. The number of nitrogens with zero attached hydrogens (tertiary/aromatic N) is 2. The molecule has 0 saturated heterocycles. The van der Waals surface area contributed by atoms with Gasteiger partial charge in [0, 0.05) is 22.8 Å². The van der Waals surface area contributed by atoms with Crippen molar-refractivity contribution in [2.75, 3.05) is 14.2 Å². The number of methoxy groups -OCH3 is 2. The minimum absolute atomic E-state index is 0.0277. The van der Waals surface area contributed by atoms with Crippen LogP contribution in [0.1, 0.15) is 31.8 Å². The van der Waals surface area contributed by atoms with Gasteiger partial charge in [-0.3, -0.25) is 9.59 Å². The first kappa shape index (κ1) is 26.2. The number of rotatable bonds is 9. The second-order valence-electron chi connectivity index (χ2n) is 7.19. The molecule has 0 fully saturated rings. The van der Waals surface area contributed by atoms with Crippen LogP contribution in [0.15, 0.2) is 58.8 Å². The molecule has 2 aromatic carbocycles. The van der Waals surface area contributed by atoms with Gasteiger partial charge in [0.2, 0.25) is 5.88 Å². The Kier molecular flexibility index (Phi) is 8.57. The minimum atomic E-state index is -1.40. The highest BCUT2D eigenvalue weighted by molar-refractivity contribution is 9.10. The molecule has 0 aliphatic carbocycles. The lowest BCUT2D eigenvalue weighted by Crippen LogP contribution is -2.28. The first-order chi connectivity index (χ1) is 17.2. The van der Waals surface area contributed by atoms with Crippen molar-refractivity contribution in [2.45, 2.75) is 6.54 Å². The Labute approximate surface area is 213 Å². The Bertz CT molecular complexity index is 1340. The van der Waals surface area contributed by atoms with Crippen LogP contribution in [0.3, 0.4) is 0 Å². The zero-order valence-electron chi connectivity index (χ0n) is 19.1. The molecule has 12 heteroatoms. The van der Waals surface area contributed by atoms with Crippen LogP contribution < -0.4 is 20.1 Å². The van der Waals surface area contributed by atoms with E-state index >= 15 is 0 Å². The molecule has 0 aliphatic rings. The highest BCUT2D eigenvalue weighted by Gasteiger charge is 2.19. The molecule has 186 valence electrons. The lowest BCUT2D eigenvalue weighted by atomic mass is 10.1. The average Bonchev–Trinajstić information content (AvgIpc) is 2.86. The SMILES string of the molecule is COc1ncc(C=C(NC(=O)c2ccc(C(=O)NCc3cccc(O)c3)cc2Br)C(=O)O)c(OC)n1. The molecule has 0 bridgehead atoms. The Balaban J connectivity index is 1.75. The number of ether oxygens (including phenoxy) is 2. The maximum absolute atomic E-state index is 12.8. The molecule has 11 nitrogen and oxygen atoms in total. The van der Waals surface area contributed by atoms with Gasteiger partial charge in [-0.15, -0.1) is 0 Å². The maximum atomic E-state index is 12.8. The Hall–Kier alpha value is -4.45. The number of carbonyl (C=O) groups excluding carboxylic acids is 2. The molecular weight excluding hydrogens is 536 g/mol. The molecule has 3 aromatic rings. The summed E-state index contributed by atoms with van der Waals surface area (Å²) in [6, 6.07) is 10.8. The van der Waals surface area contributed by atoms with Crippen molar-refractivity contribution in [2.24, 2.45) is 0 Å². The van der Waals surface area contributed by atoms with Crippen LogP contribution in [-0.4, -0.2) is 52.2 Å². The largest absolute Gasteiger partial charge is 0.508 e. The number of benzene rings is 2. The van der Waals surface area contributed by atoms with Crippen molar-refractivity contribution in [3.05, 3.63) is 81.1 Å². The predicted molar refractivity (Wildman–Crippen MR) is 132 cm³/mol. The van der Waals surface area contributed by atoms with Crippen LogP contribution >= 0.6 is 15.9 Å². The maximum Gasteiger partial charge on any atom is 0.352 e. The van der Waals surface area contributed by atoms with Gasteiger partial charge in [-0.25, -0.2) is 9.78 Å². The van der Waals surface area contributed by atoms with Gasteiger partial charge in [0.15, 0.2) is 0 Å². The normalized spacial score (nSPS) is 10.9. The summed E-state index contributed by atoms with van der Waals surface area (Å²) in [7, 11) is 2.71. The Morgan fingerprint density at radius 3 is 2.50 bits per heavy atom. The number of hydrogen-bond donors (Lipinski definition) is 4. The van der Waals surface area contributed by atoms with Crippen LogP contribution in [0.2, 0.25) is 0 Å². The molecule has 0 aliphatic heterocycles. The van der Waals surface area contributed by atoms with Gasteiger partial charge >= 0.3 is 12.0 Å². The third kappa shape index (κ3) is 6.57. The number of carbonyl (C=O) groups is 3. The van der Waals surface area contributed by atoms with Gasteiger partial charge in [0.05, 0.1) is 25.3 Å². The number of halogens is 1. The van der Waals surface area contributed by atoms with E-state index in [2.05, 4.69) is 36.5 Å². The molecule has 0 atom stereocenters. The highest BCUT2D eigenvalue weighted by atomic mass is 79.9. The second-order valence-corrected chi connectivity index (χ2v) is 8.04. The number of phenols is 1. The van der Waals surface area contributed by atoms with Crippen LogP contribution in [0.5, 0.6) is 17.6 Å². The van der Waals surface area contributed by atoms with Gasteiger partial charge in [-0.2, -0.15) is 4.98 Å². The molecule has 1 heterocycles. The number of amides is 2. The smallest absolute Gasteiger partial charge is 0.352 e. The summed E-state index contributed by atoms with van der Waals surface area (Å²) in [5, 5.41) is 24.2. The first-order valence-corrected chi connectivity index (χ1v) is 11.1. The van der Waals surface area contributed by atoms with Gasteiger partial charge in [0.25, 0.3) is 11.8 Å². The second kappa shape index (κ2) is 11.8. The Morgan fingerprint density at radius 2 is 1.86 bits per heavy atom. The fraction of sp³-hybridized carbons (Fsp3) is 0.125.